The number of rotatable bonds is 5. The number of halogens is 2. The summed E-state index contributed by atoms with van der Waals surface area (Å²) in [5, 5.41) is 0. The smallest absolute Gasteiger partial charge is 0.161 e. The quantitative estimate of drug-likeness (QED) is 0.886. The summed E-state index contributed by atoms with van der Waals surface area (Å²) in [6, 6.07) is 6.44. The molecule has 1 aliphatic heterocycles. The van der Waals surface area contributed by atoms with E-state index in [1.165, 1.54) is 5.56 Å². The van der Waals surface area contributed by atoms with Crippen LogP contribution in [0.15, 0.2) is 18.2 Å². The first-order valence-electron chi connectivity index (χ1n) is 7.49. The van der Waals surface area contributed by atoms with Gasteiger partial charge in [-0.25, -0.2) is 0 Å². The SMILES string of the molecule is CCOc1ccc(C2CN(C)CCC2N)cc1OCC.Cl.Cl. The summed E-state index contributed by atoms with van der Waals surface area (Å²) < 4.78 is 11.3. The van der Waals surface area contributed by atoms with Crippen LogP contribution in [-0.4, -0.2) is 44.3 Å². The second kappa shape index (κ2) is 10.2. The van der Waals surface area contributed by atoms with Gasteiger partial charge >= 0.3 is 0 Å². The Labute approximate surface area is 146 Å². The third kappa shape index (κ3) is 5.20. The van der Waals surface area contributed by atoms with E-state index in [2.05, 4.69) is 24.1 Å². The van der Waals surface area contributed by atoms with E-state index in [0.29, 0.717) is 19.1 Å². The van der Waals surface area contributed by atoms with Gasteiger partial charge in [-0.1, -0.05) is 6.07 Å². The average Bonchev–Trinajstić information content (AvgIpc) is 2.44. The zero-order valence-electron chi connectivity index (χ0n) is 13.6. The lowest BCUT2D eigenvalue weighted by atomic mass is 9.86. The Morgan fingerprint density at radius 2 is 1.77 bits per heavy atom. The van der Waals surface area contributed by atoms with E-state index in [9.17, 15) is 0 Å². The van der Waals surface area contributed by atoms with Gasteiger partial charge in [0.2, 0.25) is 0 Å². The highest BCUT2D eigenvalue weighted by Crippen LogP contribution is 2.34. The molecule has 2 rings (SSSR count). The summed E-state index contributed by atoms with van der Waals surface area (Å²) in [5.74, 6) is 2.01. The van der Waals surface area contributed by atoms with Crippen molar-refractivity contribution in [2.24, 2.45) is 5.73 Å². The minimum absolute atomic E-state index is 0. The predicted molar refractivity (Wildman–Crippen MR) is 96.1 cm³/mol. The molecule has 22 heavy (non-hydrogen) atoms. The molecule has 6 heteroatoms. The van der Waals surface area contributed by atoms with Gasteiger partial charge in [0.15, 0.2) is 11.5 Å². The maximum absolute atomic E-state index is 6.30. The second-order valence-corrected chi connectivity index (χ2v) is 5.39. The lowest BCUT2D eigenvalue weighted by Gasteiger charge is -2.35. The maximum atomic E-state index is 6.30. The van der Waals surface area contributed by atoms with Crippen LogP contribution in [0.4, 0.5) is 0 Å². The summed E-state index contributed by atoms with van der Waals surface area (Å²) in [7, 11) is 2.15. The monoisotopic (exact) mass is 350 g/mol. The molecule has 0 radical (unpaired) electrons. The van der Waals surface area contributed by atoms with Crippen molar-refractivity contribution >= 4 is 24.8 Å². The summed E-state index contributed by atoms with van der Waals surface area (Å²) in [6.45, 7) is 7.33. The average molecular weight is 351 g/mol. The van der Waals surface area contributed by atoms with E-state index in [4.69, 9.17) is 15.2 Å². The Kier molecular flexibility index (Phi) is 9.85. The lowest BCUT2D eigenvalue weighted by molar-refractivity contribution is 0.227. The van der Waals surface area contributed by atoms with E-state index < -0.39 is 0 Å². The van der Waals surface area contributed by atoms with Crippen molar-refractivity contribution in [3.05, 3.63) is 23.8 Å². The van der Waals surface area contributed by atoms with E-state index in [0.717, 1.165) is 31.0 Å². The van der Waals surface area contributed by atoms with Crippen molar-refractivity contribution in [1.82, 2.24) is 4.90 Å². The van der Waals surface area contributed by atoms with Crippen molar-refractivity contribution < 1.29 is 9.47 Å². The molecule has 1 aliphatic rings. The van der Waals surface area contributed by atoms with Gasteiger partial charge in [-0.2, -0.15) is 0 Å². The molecule has 0 aromatic heterocycles. The first kappa shape index (κ1) is 21.3. The molecule has 0 saturated carbocycles. The van der Waals surface area contributed by atoms with Gasteiger partial charge in [0.1, 0.15) is 0 Å². The topological polar surface area (TPSA) is 47.7 Å². The Hall–Kier alpha value is -0.680. The molecule has 0 aliphatic carbocycles. The van der Waals surface area contributed by atoms with Gasteiger partial charge in [0.25, 0.3) is 0 Å². The van der Waals surface area contributed by atoms with Crippen LogP contribution in [0.3, 0.4) is 0 Å². The fraction of sp³-hybridized carbons (Fsp3) is 0.625. The second-order valence-electron chi connectivity index (χ2n) is 5.39. The maximum Gasteiger partial charge on any atom is 0.161 e. The van der Waals surface area contributed by atoms with Crippen molar-refractivity contribution in [3.63, 3.8) is 0 Å². The number of piperidine rings is 1. The Morgan fingerprint density at radius 3 is 2.41 bits per heavy atom. The van der Waals surface area contributed by atoms with Gasteiger partial charge in [-0.05, 0) is 51.6 Å². The molecule has 4 nitrogen and oxygen atoms in total. The molecule has 1 saturated heterocycles. The summed E-state index contributed by atoms with van der Waals surface area (Å²) in [6.07, 6.45) is 1.04. The highest BCUT2D eigenvalue weighted by Gasteiger charge is 2.26. The molecular formula is C16H28Cl2N2O2. The zero-order chi connectivity index (χ0) is 14.5. The van der Waals surface area contributed by atoms with Crippen molar-refractivity contribution in [3.8, 4) is 11.5 Å². The minimum Gasteiger partial charge on any atom is -0.490 e. The van der Waals surface area contributed by atoms with Crippen molar-refractivity contribution in [1.29, 1.82) is 0 Å². The summed E-state index contributed by atoms with van der Waals surface area (Å²) in [4.78, 5) is 2.34. The number of nitrogens with zero attached hydrogens (tertiary/aromatic N) is 1. The molecule has 0 amide bonds. The Balaban J connectivity index is 0.00000220. The number of likely N-dealkylation sites (N-methyl/N-ethyl adjacent to an activating group) is 1. The molecule has 1 aromatic rings. The van der Waals surface area contributed by atoms with E-state index in [-0.39, 0.29) is 30.9 Å². The third-order valence-electron chi connectivity index (χ3n) is 3.86. The molecule has 2 unspecified atom stereocenters. The molecule has 0 bridgehead atoms. The number of hydrogen-bond donors (Lipinski definition) is 1. The normalized spacial score (nSPS) is 21.5. The van der Waals surface area contributed by atoms with E-state index in [1.807, 2.05) is 19.9 Å². The van der Waals surface area contributed by atoms with Gasteiger partial charge < -0.3 is 20.1 Å². The van der Waals surface area contributed by atoms with E-state index in [1.54, 1.807) is 0 Å². The largest absolute Gasteiger partial charge is 0.490 e. The van der Waals surface area contributed by atoms with Crippen LogP contribution in [0.2, 0.25) is 0 Å². The standard InChI is InChI=1S/C16H26N2O2.2ClH/c1-4-19-15-7-6-12(10-16(15)20-5-2)13-11-18(3)9-8-14(13)17;;/h6-7,10,13-14H,4-5,8-9,11,17H2,1-3H3;2*1H. The van der Waals surface area contributed by atoms with Crippen LogP contribution in [-0.2, 0) is 0 Å². The molecule has 1 fully saturated rings. The fourth-order valence-corrected chi connectivity index (χ4v) is 2.78. The molecule has 2 atom stereocenters. The predicted octanol–water partition coefficient (Wildman–Crippen LogP) is 3.07. The minimum atomic E-state index is 0. The first-order chi connectivity index (χ1) is 9.65. The van der Waals surface area contributed by atoms with Crippen LogP contribution >= 0.6 is 24.8 Å². The molecule has 2 N–H and O–H groups in total. The number of benzene rings is 1. The van der Waals surface area contributed by atoms with Crippen LogP contribution < -0.4 is 15.2 Å². The van der Waals surface area contributed by atoms with Gasteiger partial charge in [-0.3, -0.25) is 0 Å². The Bertz CT molecular complexity index is 446. The fourth-order valence-electron chi connectivity index (χ4n) is 2.78. The van der Waals surface area contributed by atoms with Gasteiger partial charge in [0.05, 0.1) is 13.2 Å². The van der Waals surface area contributed by atoms with Crippen LogP contribution in [0.25, 0.3) is 0 Å². The van der Waals surface area contributed by atoms with Crippen LogP contribution in [0, 0.1) is 0 Å². The molecular weight excluding hydrogens is 323 g/mol. The summed E-state index contributed by atoms with van der Waals surface area (Å²) in [5.41, 5.74) is 7.54. The van der Waals surface area contributed by atoms with E-state index >= 15 is 0 Å². The number of hydrogen-bond acceptors (Lipinski definition) is 4. The molecule has 128 valence electrons. The van der Waals surface area contributed by atoms with Gasteiger partial charge in [0, 0.05) is 18.5 Å². The van der Waals surface area contributed by atoms with Gasteiger partial charge in [-0.15, -0.1) is 24.8 Å². The lowest BCUT2D eigenvalue weighted by Crippen LogP contribution is -2.44. The number of likely N-dealkylation sites (tertiary alicyclic amines) is 1. The molecule has 1 aromatic carbocycles. The summed E-state index contributed by atoms with van der Waals surface area (Å²) >= 11 is 0. The zero-order valence-corrected chi connectivity index (χ0v) is 15.2. The Morgan fingerprint density at radius 1 is 1.14 bits per heavy atom. The van der Waals surface area contributed by atoms with Crippen molar-refractivity contribution in [2.75, 3.05) is 33.4 Å². The molecule has 1 heterocycles. The molecule has 0 spiro atoms. The third-order valence-corrected chi connectivity index (χ3v) is 3.86. The number of nitrogens with two attached hydrogens (primary N) is 1. The van der Waals surface area contributed by atoms with Crippen LogP contribution in [0.5, 0.6) is 11.5 Å². The van der Waals surface area contributed by atoms with Crippen LogP contribution in [0.1, 0.15) is 31.7 Å². The highest BCUT2D eigenvalue weighted by atomic mass is 35.5. The number of ether oxygens (including phenoxy) is 2. The van der Waals surface area contributed by atoms with Crippen molar-refractivity contribution in [2.45, 2.75) is 32.2 Å². The highest BCUT2D eigenvalue weighted by molar-refractivity contribution is 5.85. The first-order valence-corrected chi connectivity index (χ1v) is 7.49.